The van der Waals surface area contributed by atoms with Crippen LogP contribution in [0, 0.1) is 6.92 Å². The number of amides is 1. The molecule has 0 saturated carbocycles. The van der Waals surface area contributed by atoms with Gasteiger partial charge in [-0.05, 0) is 30.4 Å². The summed E-state index contributed by atoms with van der Waals surface area (Å²) in [5.41, 5.74) is 1.21. The first-order chi connectivity index (χ1) is 8.48. The van der Waals surface area contributed by atoms with Crippen LogP contribution in [0.4, 0.5) is 8.78 Å². The molecule has 0 aliphatic carbocycles. The lowest BCUT2D eigenvalue weighted by Crippen LogP contribution is -2.41. The van der Waals surface area contributed by atoms with Gasteiger partial charge in [0.05, 0.1) is 12.6 Å². The van der Waals surface area contributed by atoms with Gasteiger partial charge in [0.15, 0.2) is 0 Å². The second-order valence-electron chi connectivity index (χ2n) is 4.56. The monoisotopic (exact) mass is 274 g/mol. The predicted octanol–water partition coefficient (Wildman–Crippen LogP) is 1.71. The molecule has 1 aromatic heterocycles. The van der Waals surface area contributed by atoms with Crippen LogP contribution in [0.25, 0.3) is 0 Å². The van der Waals surface area contributed by atoms with Crippen molar-refractivity contribution < 1.29 is 13.6 Å². The molecule has 1 aliphatic rings. The summed E-state index contributed by atoms with van der Waals surface area (Å²) in [5, 5.41) is 7.25. The van der Waals surface area contributed by atoms with Gasteiger partial charge in [-0.2, -0.15) is 0 Å². The molecule has 1 atom stereocenters. The van der Waals surface area contributed by atoms with Gasteiger partial charge < -0.3 is 5.32 Å². The summed E-state index contributed by atoms with van der Waals surface area (Å²) >= 11 is 1.65. The molecule has 18 heavy (non-hydrogen) atoms. The molecule has 1 amide bonds. The van der Waals surface area contributed by atoms with Gasteiger partial charge in [0.1, 0.15) is 0 Å². The van der Waals surface area contributed by atoms with Crippen molar-refractivity contribution >= 4 is 17.2 Å². The van der Waals surface area contributed by atoms with Crippen LogP contribution in [0.1, 0.15) is 16.9 Å². The molecule has 1 saturated heterocycles. The highest BCUT2D eigenvalue weighted by Gasteiger charge is 2.42. The van der Waals surface area contributed by atoms with Crippen molar-refractivity contribution in [1.29, 1.82) is 0 Å². The van der Waals surface area contributed by atoms with E-state index >= 15 is 0 Å². The number of carbonyl (C=O) groups excluding carboxylic acids is 1. The Bertz CT molecular complexity index is 433. The average molecular weight is 274 g/mol. The molecule has 2 heterocycles. The Morgan fingerprint density at radius 3 is 3.00 bits per heavy atom. The van der Waals surface area contributed by atoms with Crippen LogP contribution < -0.4 is 10.6 Å². The van der Waals surface area contributed by atoms with E-state index in [0.717, 1.165) is 6.42 Å². The van der Waals surface area contributed by atoms with E-state index in [0.29, 0.717) is 6.54 Å². The van der Waals surface area contributed by atoms with Crippen LogP contribution in [0.5, 0.6) is 0 Å². The van der Waals surface area contributed by atoms with E-state index in [-0.39, 0.29) is 5.91 Å². The number of rotatable bonds is 4. The Labute approximate surface area is 109 Å². The summed E-state index contributed by atoms with van der Waals surface area (Å²) in [5.74, 6) is -3.09. The van der Waals surface area contributed by atoms with Crippen molar-refractivity contribution in [3.63, 3.8) is 0 Å². The molecule has 2 rings (SSSR count). The zero-order valence-electron chi connectivity index (χ0n) is 10.1. The van der Waals surface area contributed by atoms with Crippen LogP contribution in [0.2, 0.25) is 0 Å². The number of carbonyl (C=O) groups is 1. The first kappa shape index (κ1) is 13.4. The Hall–Kier alpha value is -1.01. The number of nitrogens with one attached hydrogen (secondary N) is 2. The van der Waals surface area contributed by atoms with Gasteiger partial charge in [0.2, 0.25) is 5.91 Å². The SMILES string of the molecule is Cc1ccsc1CCNC(=O)C1CC(F)(F)CN1. The molecule has 3 nitrogen and oxygen atoms in total. The van der Waals surface area contributed by atoms with Crippen LogP contribution >= 0.6 is 11.3 Å². The quantitative estimate of drug-likeness (QED) is 0.877. The minimum absolute atomic E-state index is 0.332. The highest BCUT2D eigenvalue weighted by atomic mass is 32.1. The number of halogens is 2. The van der Waals surface area contributed by atoms with Crippen molar-refractivity contribution in [3.05, 3.63) is 21.9 Å². The predicted molar refractivity (Wildman–Crippen MR) is 67.1 cm³/mol. The molecular formula is C12H16F2N2OS. The highest BCUT2D eigenvalue weighted by Crippen LogP contribution is 2.25. The van der Waals surface area contributed by atoms with Gasteiger partial charge in [0, 0.05) is 17.8 Å². The lowest BCUT2D eigenvalue weighted by atomic mass is 10.2. The van der Waals surface area contributed by atoms with E-state index in [4.69, 9.17) is 0 Å². The first-order valence-electron chi connectivity index (χ1n) is 5.90. The van der Waals surface area contributed by atoms with Crippen LogP contribution in [-0.4, -0.2) is 31.0 Å². The zero-order valence-corrected chi connectivity index (χ0v) is 10.9. The smallest absolute Gasteiger partial charge is 0.262 e. The van der Waals surface area contributed by atoms with Gasteiger partial charge in [-0.3, -0.25) is 10.1 Å². The van der Waals surface area contributed by atoms with Gasteiger partial charge in [-0.25, -0.2) is 8.78 Å². The molecule has 0 spiro atoms. The molecule has 1 fully saturated rings. The number of hydrogen-bond donors (Lipinski definition) is 2. The molecular weight excluding hydrogens is 258 g/mol. The Balaban J connectivity index is 1.74. The van der Waals surface area contributed by atoms with Crippen molar-refractivity contribution in [1.82, 2.24) is 10.6 Å². The Morgan fingerprint density at radius 2 is 2.44 bits per heavy atom. The van der Waals surface area contributed by atoms with Gasteiger partial charge in [0.25, 0.3) is 5.92 Å². The normalized spacial score (nSPS) is 22.1. The van der Waals surface area contributed by atoms with E-state index in [2.05, 4.69) is 10.6 Å². The number of hydrogen-bond acceptors (Lipinski definition) is 3. The standard InChI is InChI=1S/C12H16F2N2OS/c1-8-3-5-18-10(8)2-4-15-11(17)9-6-12(13,14)7-16-9/h3,5,9,16H,2,4,6-7H2,1H3,(H,15,17). The summed E-state index contributed by atoms with van der Waals surface area (Å²) in [7, 11) is 0. The van der Waals surface area contributed by atoms with Gasteiger partial charge in [-0.1, -0.05) is 0 Å². The molecule has 0 aromatic carbocycles. The van der Waals surface area contributed by atoms with E-state index in [1.54, 1.807) is 11.3 Å². The first-order valence-corrected chi connectivity index (χ1v) is 6.78. The molecule has 1 aliphatic heterocycles. The molecule has 1 unspecified atom stereocenters. The summed E-state index contributed by atoms with van der Waals surface area (Å²) in [6, 6.07) is 1.27. The van der Waals surface area contributed by atoms with Crippen LogP contribution in [0.3, 0.4) is 0 Å². The van der Waals surface area contributed by atoms with E-state index < -0.39 is 24.9 Å². The van der Waals surface area contributed by atoms with Crippen molar-refractivity contribution in [2.75, 3.05) is 13.1 Å². The lowest BCUT2D eigenvalue weighted by molar-refractivity contribution is -0.123. The lowest BCUT2D eigenvalue weighted by Gasteiger charge is -2.11. The summed E-state index contributed by atoms with van der Waals surface area (Å²) in [6.07, 6.45) is 0.342. The van der Waals surface area contributed by atoms with Crippen LogP contribution in [0.15, 0.2) is 11.4 Å². The van der Waals surface area contributed by atoms with Crippen molar-refractivity contribution in [2.45, 2.75) is 31.7 Å². The Morgan fingerprint density at radius 1 is 1.67 bits per heavy atom. The summed E-state index contributed by atoms with van der Waals surface area (Å²) in [6.45, 7) is 2.10. The molecule has 100 valence electrons. The maximum Gasteiger partial charge on any atom is 0.262 e. The summed E-state index contributed by atoms with van der Waals surface area (Å²) in [4.78, 5) is 12.9. The molecule has 1 aromatic rings. The maximum atomic E-state index is 12.9. The fourth-order valence-corrected chi connectivity index (χ4v) is 2.89. The molecule has 0 bridgehead atoms. The number of alkyl halides is 2. The fourth-order valence-electron chi connectivity index (χ4n) is 1.98. The second-order valence-corrected chi connectivity index (χ2v) is 5.56. The average Bonchev–Trinajstić information content (AvgIpc) is 2.85. The second kappa shape index (κ2) is 5.32. The minimum Gasteiger partial charge on any atom is -0.354 e. The van der Waals surface area contributed by atoms with E-state index in [9.17, 15) is 13.6 Å². The molecule has 6 heteroatoms. The zero-order chi connectivity index (χ0) is 13.2. The number of aryl methyl sites for hydroxylation is 1. The van der Waals surface area contributed by atoms with Crippen LogP contribution in [-0.2, 0) is 11.2 Å². The van der Waals surface area contributed by atoms with Crippen molar-refractivity contribution in [3.8, 4) is 0 Å². The largest absolute Gasteiger partial charge is 0.354 e. The molecule has 0 radical (unpaired) electrons. The minimum atomic E-state index is -2.76. The van der Waals surface area contributed by atoms with E-state index in [1.165, 1.54) is 10.4 Å². The third-order valence-corrected chi connectivity index (χ3v) is 4.13. The molecule has 2 N–H and O–H groups in total. The fraction of sp³-hybridized carbons (Fsp3) is 0.583. The van der Waals surface area contributed by atoms with E-state index in [1.807, 2.05) is 18.4 Å². The van der Waals surface area contributed by atoms with Gasteiger partial charge >= 0.3 is 0 Å². The van der Waals surface area contributed by atoms with Crippen molar-refractivity contribution in [2.24, 2.45) is 0 Å². The number of thiophene rings is 1. The maximum absolute atomic E-state index is 12.9. The third-order valence-electron chi connectivity index (χ3n) is 3.05. The summed E-state index contributed by atoms with van der Waals surface area (Å²) < 4.78 is 25.8. The third kappa shape index (κ3) is 3.26. The topological polar surface area (TPSA) is 41.1 Å². The highest BCUT2D eigenvalue weighted by molar-refractivity contribution is 7.10. The van der Waals surface area contributed by atoms with Gasteiger partial charge in [-0.15, -0.1) is 11.3 Å². The Kier molecular flexibility index (Phi) is 3.97.